The van der Waals surface area contributed by atoms with Crippen LogP contribution < -0.4 is 5.32 Å². The molecule has 0 heterocycles. The van der Waals surface area contributed by atoms with Gasteiger partial charge in [0.1, 0.15) is 0 Å². The first-order valence-electron chi connectivity index (χ1n) is 7.96. The van der Waals surface area contributed by atoms with Crippen LogP contribution in [0.1, 0.15) is 46.0 Å². The molecule has 104 valence electrons. The third kappa shape index (κ3) is 2.34. The Kier molecular flexibility index (Phi) is 3.68. The minimum Gasteiger partial charge on any atom is -0.377 e. The van der Waals surface area contributed by atoms with E-state index in [1.54, 1.807) is 6.42 Å². The van der Waals surface area contributed by atoms with Gasteiger partial charge in [-0.1, -0.05) is 0 Å². The lowest BCUT2D eigenvalue weighted by atomic mass is 9.50. The van der Waals surface area contributed by atoms with Crippen LogP contribution in [-0.2, 0) is 4.74 Å². The molecule has 0 aromatic heterocycles. The first-order valence-corrected chi connectivity index (χ1v) is 7.96. The van der Waals surface area contributed by atoms with Gasteiger partial charge < -0.3 is 10.1 Å². The lowest BCUT2D eigenvalue weighted by Crippen LogP contribution is -2.54. The monoisotopic (exact) mass is 251 g/mol. The van der Waals surface area contributed by atoms with Crippen LogP contribution in [0.3, 0.4) is 0 Å². The molecule has 1 unspecified atom stereocenters. The van der Waals surface area contributed by atoms with E-state index in [0.29, 0.717) is 12.1 Å². The topological polar surface area (TPSA) is 21.3 Å². The molecule has 1 N–H and O–H groups in total. The molecule has 0 spiro atoms. The summed E-state index contributed by atoms with van der Waals surface area (Å²) in [4.78, 5) is 0. The summed E-state index contributed by atoms with van der Waals surface area (Å²) in [6.45, 7) is 5.19. The van der Waals surface area contributed by atoms with Crippen LogP contribution in [-0.4, -0.2) is 25.8 Å². The van der Waals surface area contributed by atoms with Crippen LogP contribution in [0.25, 0.3) is 0 Å². The fourth-order valence-electron chi connectivity index (χ4n) is 5.31. The Hall–Kier alpha value is -0.0800. The van der Waals surface area contributed by atoms with Crippen molar-refractivity contribution in [3.05, 3.63) is 0 Å². The molecular formula is C16H29NO. The number of likely N-dealkylation sites (N-methyl/N-ethyl adjacent to an activating group) is 1. The first-order chi connectivity index (χ1) is 8.67. The second-order valence-electron chi connectivity index (χ2n) is 7.29. The van der Waals surface area contributed by atoms with Crippen LogP contribution in [0, 0.1) is 29.6 Å². The normalized spacial score (nSPS) is 43.7. The summed E-state index contributed by atoms with van der Waals surface area (Å²) in [6, 6.07) is 0.586. The summed E-state index contributed by atoms with van der Waals surface area (Å²) < 4.78 is 5.89. The van der Waals surface area contributed by atoms with E-state index < -0.39 is 0 Å². The Balaban J connectivity index is 1.67. The van der Waals surface area contributed by atoms with Gasteiger partial charge in [0.2, 0.25) is 0 Å². The van der Waals surface area contributed by atoms with Crippen molar-refractivity contribution < 1.29 is 4.74 Å². The number of hydrogen-bond acceptors (Lipinski definition) is 2. The van der Waals surface area contributed by atoms with Gasteiger partial charge >= 0.3 is 0 Å². The highest BCUT2D eigenvalue weighted by Crippen LogP contribution is 2.57. The van der Waals surface area contributed by atoms with E-state index in [9.17, 15) is 0 Å². The highest BCUT2D eigenvalue weighted by molar-refractivity contribution is 5.01. The Morgan fingerprint density at radius 1 is 1.00 bits per heavy atom. The zero-order chi connectivity index (χ0) is 12.7. The Morgan fingerprint density at radius 3 is 2.00 bits per heavy atom. The lowest BCUT2D eigenvalue weighted by Gasteiger charge is -2.56. The molecule has 0 amide bonds. The van der Waals surface area contributed by atoms with Gasteiger partial charge in [0.15, 0.2) is 0 Å². The zero-order valence-corrected chi connectivity index (χ0v) is 12.2. The van der Waals surface area contributed by atoms with Gasteiger partial charge in [0.25, 0.3) is 0 Å². The molecule has 4 fully saturated rings. The van der Waals surface area contributed by atoms with E-state index >= 15 is 0 Å². The van der Waals surface area contributed by atoms with Crippen LogP contribution >= 0.6 is 0 Å². The van der Waals surface area contributed by atoms with Crippen molar-refractivity contribution in [2.24, 2.45) is 29.6 Å². The van der Waals surface area contributed by atoms with Gasteiger partial charge in [-0.25, -0.2) is 0 Å². The summed E-state index contributed by atoms with van der Waals surface area (Å²) in [6.07, 6.45) is 7.95. The van der Waals surface area contributed by atoms with Crippen molar-refractivity contribution in [1.29, 1.82) is 0 Å². The number of rotatable bonds is 5. The highest BCUT2D eigenvalue weighted by Gasteiger charge is 2.50. The molecule has 2 heteroatoms. The minimum atomic E-state index is 0.359. The van der Waals surface area contributed by atoms with E-state index in [-0.39, 0.29) is 0 Å². The molecule has 1 atom stereocenters. The SMILES string of the molecule is CNC(COC(C)C)C1C2CC3CC(C2)CC1C3. The standard InChI is InChI=1S/C16H29NO/c1-10(2)18-9-15(17-3)16-13-5-11-4-12(7-13)8-14(16)6-11/h10-17H,4-9H2,1-3H3. The van der Waals surface area contributed by atoms with Gasteiger partial charge in [-0.2, -0.15) is 0 Å². The van der Waals surface area contributed by atoms with Crippen molar-refractivity contribution in [2.45, 2.75) is 58.1 Å². The fourth-order valence-corrected chi connectivity index (χ4v) is 5.31. The predicted molar refractivity (Wildman–Crippen MR) is 74.5 cm³/mol. The maximum Gasteiger partial charge on any atom is 0.0625 e. The largest absolute Gasteiger partial charge is 0.377 e. The molecule has 4 aliphatic carbocycles. The van der Waals surface area contributed by atoms with Crippen molar-refractivity contribution in [3.63, 3.8) is 0 Å². The molecule has 2 nitrogen and oxygen atoms in total. The quantitative estimate of drug-likeness (QED) is 0.811. The molecule has 4 aliphatic rings. The molecule has 4 saturated carbocycles. The summed E-state index contributed by atoms with van der Waals surface area (Å²) >= 11 is 0. The van der Waals surface area contributed by atoms with E-state index in [4.69, 9.17) is 4.74 Å². The van der Waals surface area contributed by atoms with Gasteiger partial charge in [0, 0.05) is 6.04 Å². The summed E-state index contributed by atoms with van der Waals surface area (Å²) in [5.41, 5.74) is 0. The molecule has 4 rings (SSSR count). The molecule has 0 saturated heterocycles. The van der Waals surface area contributed by atoms with Crippen molar-refractivity contribution >= 4 is 0 Å². The molecule has 0 aliphatic heterocycles. The first kappa shape index (κ1) is 12.9. The van der Waals surface area contributed by atoms with E-state index in [1.807, 2.05) is 0 Å². The fraction of sp³-hybridized carbons (Fsp3) is 1.00. The number of hydrogen-bond donors (Lipinski definition) is 1. The van der Waals surface area contributed by atoms with E-state index in [0.717, 1.165) is 36.2 Å². The lowest BCUT2D eigenvalue weighted by molar-refractivity contribution is -0.0682. The highest BCUT2D eigenvalue weighted by atomic mass is 16.5. The summed E-state index contributed by atoms with van der Waals surface area (Å²) in [5, 5.41) is 3.56. The van der Waals surface area contributed by atoms with Crippen molar-refractivity contribution in [2.75, 3.05) is 13.7 Å². The minimum absolute atomic E-state index is 0.359. The molecule has 18 heavy (non-hydrogen) atoms. The van der Waals surface area contributed by atoms with Crippen molar-refractivity contribution in [3.8, 4) is 0 Å². The molecule has 4 bridgehead atoms. The van der Waals surface area contributed by atoms with Crippen LogP contribution in [0.5, 0.6) is 0 Å². The maximum atomic E-state index is 5.89. The average molecular weight is 251 g/mol. The molecule has 0 aromatic rings. The molecule has 0 aromatic carbocycles. The molecule has 0 radical (unpaired) electrons. The average Bonchev–Trinajstić information content (AvgIpc) is 2.31. The number of nitrogens with one attached hydrogen (secondary N) is 1. The number of ether oxygens (including phenoxy) is 1. The van der Waals surface area contributed by atoms with Crippen LogP contribution in [0.4, 0.5) is 0 Å². The predicted octanol–water partition coefficient (Wildman–Crippen LogP) is 3.07. The van der Waals surface area contributed by atoms with Crippen LogP contribution in [0.15, 0.2) is 0 Å². The second kappa shape index (κ2) is 5.13. The third-order valence-corrected chi connectivity index (χ3v) is 5.74. The van der Waals surface area contributed by atoms with Gasteiger partial charge in [-0.05, 0) is 82.6 Å². The second-order valence-corrected chi connectivity index (χ2v) is 7.29. The third-order valence-electron chi connectivity index (χ3n) is 5.74. The summed E-state index contributed by atoms with van der Waals surface area (Å²) in [7, 11) is 2.12. The van der Waals surface area contributed by atoms with Crippen molar-refractivity contribution in [1.82, 2.24) is 5.32 Å². The van der Waals surface area contributed by atoms with E-state index in [1.165, 1.54) is 25.7 Å². The Labute approximate surface area is 112 Å². The van der Waals surface area contributed by atoms with Gasteiger partial charge in [-0.3, -0.25) is 0 Å². The van der Waals surface area contributed by atoms with Gasteiger partial charge in [0.05, 0.1) is 12.7 Å². The van der Waals surface area contributed by atoms with Crippen LogP contribution in [0.2, 0.25) is 0 Å². The summed E-state index contributed by atoms with van der Waals surface area (Å²) in [5.74, 6) is 5.03. The Bertz CT molecular complexity index is 261. The van der Waals surface area contributed by atoms with E-state index in [2.05, 4.69) is 26.2 Å². The Morgan fingerprint density at radius 2 is 1.56 bits per heavy atom. The smallest absolute Gasteiger partial charge is 0.0625 e. The van der Waals surface area contributed by atoms with Gasteiger partial charge in [-0.15, -0.1) is 0 Å². The zero-order valence-electron chi connectivity index (χ0n) is 12.2. The maximum absolute atomic E-state index is 5.89. The molecular weight excluding hydrogens is 222 g/mol.